The molecule has 0 atom stereocenters. The Hall–Kier alpha value is -2.93. The second kappa shape index (κ2) is 11.0. The van der Waals surface area contributed by atoms with E-state index in [1.54, 1.807) is 0 Å². The van der Waals surface area contributed by atoms with Crippen molar-refractivity contribution in [3.63, 3.8) is 0 Å². The maximum absolute atomic E-state index is 14.6. The summed E-state index contributed by atoms with van der Waals surface area (Å²) in [6.07, 6.45) is -9.63. The molecule has 0 bridgehead atoms. The molecule has 1 fully saturated rings. The Kier molecular flexibility index (Phi) is 8.44. The van der Waals surface area contributed by atoms with Crippen LogP contribution in [-0.4, -0.2) is 19.4 Å². The lowest BCUT2D eigenvalue weighted by Gasteiger charge is -2.30. The van der Waals surface area contributed by atoms with E-state index in [9.17, 15) is 39.5 Å². The Morgan fingerprint density at radius 1 is 0.889 bits per heavy atom. The van der Waals surface area contributed by atoms with Crippen LogP contribution in [0.15, 0.2) is 36.6 Å². The second-order valence-electron chi connectivity index (χ2n) is 7.81. The predicted octanol–water partition coefficient (Wildman–Crippen LogP) is 7.29. The zero-order valence-corrected chi connectivity index (χ0v) is 18.5. The van der Waals surface area contributed by atoms with Gasteiger partial charge >= 0.3 is 12.3 Å². The highest BCUT2D eigenvalue weighted by atomic mass is 19.4. The third kappa shape index (κ3) is 6.84. The van der Waals surface area contributed by atoms with E-state index >= 15 is 0 Å². The fraction of sp³-hybridized carbons (Fsp3) is 0.391. The Labute approximate surface area is 199 Å². The van der Waals surface area contributed by atoms with Crippen LogP contribution in [0.5, 0.6) is 11.5 Å². The SMILES string of the molecule is CCCC1COC(c2cc(F)c(C(F)(F)Oc3cc(F)c(OC=CC(F)(F)F)c(F)c3)c(F)c2)OC1. The molecule has 198 valence electrons. The lowest BCUT2D eigenvalue weighted by Crippen LogP contribution is -2.28. The molecule has 13 heteroatoms. The molecule has 0 saturated carbocycles. The maximum atomic E-state index is 14.6. The van der Waals surface area contributed by atoms with Crippen molar-refractivity contribution in [1.29, 1.82) is 0 Å². The van der Waals surface area contributed by atoms with Crippen LogP contribution >= 0.6 is 0 Å². The first kappa shape index (κ1) is 27.7. The summed E-state index contributed by atoms with van der Waals surface area (Å²) in [5.41, 5.74) is -2.05. The molecule has 0 N–H and O–H groups in total. The number of hydrogen-bond acceptors (Lipinski definition) is 4. The van der Waals surface area contributed by atoms with Crippen LogP contribution in [0.25, 0.3) is 0 Å². The molecule has 0 aromatic heterocycles. The summed E-state index contributed by atoms with van der Waals surface area (Å²) >= 11 is 0. The lowest BCUT2D eigenvalue weighted by molar-refractivity contribution is -0.206. The van der Waals surface area contributed by atoms with E-state index in [2.05, 4.69) is 9.47 Å². The van der Waals surface area contributed by atoms with E-state index in [0.717, 1.165) is 12.8 Å². The van der Waals surface area contributed by atoms with Crippen molar-refractivity contribution in [2.45, 2.75) is 38.3 Å². The minimum atomic E-state index is -4.84. The molecule has 0 amide bonds. The summed E-state index contributed by atoms with van der Waals surface area (Å²) in [6.45, 7) is 2.44. The van der Waals surface area contributed by atoms with E-state index < -0.39 is 65.0 Å². The second-order valence-corrected chi connectivity index (χ2v) is 7.81. The highest BCUT2D eigenvalue weighted by molar-refractivity contribution is 5.37. The molecule has 2 aromatic rings. The zero-order chi connectivity index (χ0) is 26.7. The summed E-state index contributed by atoms with van der Waals surface area (Å²) in [6, 6.07) is 1.42. The quantitative estimate of drug-likeness (QED) is 0.265. The Morgan fingerprint density at radius 2 is 1.44 bits per heavy atom. The monoisotopic (exact) mass is 530 g/mol. The van der Waals surface area contributed by atoms with Crippen molar-refractivity contribution >= 4 is 0 Å². The molecule has 0 spiro atoms. The number of rotatable bonds is 8. The van der Waals surface area contributed by atoms with Gasteiger partial charge in [0.1, 0.15) is 22.9 Å². The molecule has 0 unspecified atom stereocenters. The molecule has 0 aliphatic carbocycles. The van der Waals surface area contributed by atoms with Crippen molar-refractivity contribution in [3.05, 3.63) is 71.0 Å². The molecular formula is C23H19F9O4. The Morgan fingerprint density at radius 3 is 1.94 bits per heavy atom. The average molecular weight is 530 g/mol. The molecule has 3 rings (SSSR count). The van der Waals surface area contributed by atoms with Crippen LogP contribution in [0, 0.1) is 29.2 Å². The van der Waals surface area contributed by atoms with Gasteiger partial charge in [-0.1, -0.05) is 13.3 Å². The summed E-state index contributed by atoms with van der Waals surface area (Å²) in [4.78, 5) is 0. The molecule has 1 saturated heterocycles. The van der Waals surface area contributed by atoms with E-state index in [1.807, 2.05) is 6.92 Å². The van der Waals surface area contributed by atoms with Gasteiger partial charge in [0.15, 0.2) is 23.7 Å². The average Bonchev–Trinajstić information content (AvgIpc) is 2.74. The first-order valence-electron chi connectivity index (χ1n) is 10.5. The smallest absolute Gasteiger partial charge is 0.432 e. The van der Waals surface area contributed by atoms with Crippen molar-refractivity contribution in [2.75, 3.05) is 13.2 Å². The van der Waals surface area contributed by atoms with Gasteiger partial charge in [-0.25, -0.2) is 17.6 Å². The first-order valence-corrected chi connectivity index (χ1v) is 10.5. The van der Waals surface area contributed by atoms with Gasteiger partial charge in [-0.15, -0.1) is 0 Å². The van der Waals surface area contributed by atoms with Gasteiger partial charge in [-0.05, 0) is 18.6 Å². The highest BCUT2D eigenvalue weighted by Crippen LogP contribution is 2.39. The maximum Gasteiger partial charge on any atom is 0.432 e. The van der Waals surface area contributed by atoms with Crippen molar-refractivity contribution < 1.29 is 58.5 Å². The number of alkyl halides is 5. The molecule has 36 heavy (non-hydrogen) atoms. The molecule has 1 aliphatic rings. The first-order chi connectivity index (χ1) is 16.8. The van der Waals surface area contributed by atoms with Gasteiger partial charge in [-0.3, -0.25) is 0 Å². The normalized spacial score (nSPS) is 19.1. The largest absolute Gasteiger partial charge is 0.459 e. The fourth-order valence-electron chi connectivity index (χ4n) is 3.40. The number of halogens is 9. The van der Waals surface area contributed by atoms with Crippen LogP contribution < -0.4 is 9.47 Å². The summed E-state index contributed by atoms with van der Waals surface area (Å²) in [5.74, 6) is -9.38. The topological polar surface area (TPSA) is 36.9 Å². The molecule has 0 radical (unpaired) electrons. The minimum absolute atomic E-state index is 0.0629. The summed E-state index contributed by atoms with van der Waals surface area (Å²) < 4.78 is 142. The van der Waals surface area contributed by atoms with Crippen molar-refractivity contribution in [2.24, 2.45) is 5.92 Å². The molecule has 4 nitrogen and oxygen atoms in total. The van der Waals surface area contributed by atoms with E-state index in [0.29, 0.717) is 12.1 Å². The third-order valence-electron chi connectivity index (χ3n) is 4.95. The van der Waals surface area contributed by atoms with Gasteiger partial charge < -0.3 is 18.9 Å². The summed E-state index contributed by atoms with van der Waals surface area (Å²) in [5, 5.41) is 0. The molecule has 1 aliphatic heterocycles. The van der Waals surface area contributed by atoms with Crippen LogP contribution in [0.4, 0.5) is 39.5 Å². The number of ether oxygens (including phenoxy) is 4. The predicted molar refractivity (Wildman–Crippen MR) is 106 cm³/mol. The van der Waals surface area contributed by atoms with Crippen molar-refractivity contribution in [1.82, 2.24) is 0 Å². The van der Waals surface area contributed by atoms with E-state index in [1.165, 1.54) is 0 Å². The summed E-state index contributed by atoms with van der Waals surface area (Å²) in [7, 11) is 0. The fourth-order valence-corrected chi connectivity index (χ4v) is 3.40. The van der Waals surface area contributed by atoms with Gasteiger partial charge in [-0.2, -0.15) is 22.0 Å². The van der Waals surface area contributed by atoms with Crippen LogP contribution in [0.3, 0.4) is 0 Å². The van der Waals surface area contributed by atoms with Gasteiger partial charge in [0, 0.05) is 23.6 Å². The standard InChI is InChI=1S/C23H19F9O4/c1-2-3-12-10-34-21(35-11-12)13-6-15(24)19(16(25)7-13)23(31,32)36-14-8-17(26)20(18(27)9-14)33-5-4-22(28,29)30/h4-9,12,21H,2-3,10-11H2,1H3. The highest BCUT2D eigenvalue weighted by Gasteiger charge is 2.42. The van der Waals surface area contributed by atoms with Gasteiger partial charge in [0.2, 0.25) is 0 Å². The van der Waals surface area contributed by atoms with Crippen LogP contribution in [0.1, 0.15) is 37.2 Å². The third-order valence-corrected chi connectivity index (χ3v) is 4.95. The van der Waals surface area contributed by atoms with Crippen LogP contribution in [-0.2, 0) is 15.6 Å². The van der Waals surface area contributed by atoms with E-state index in [-0.39, 0.29) is 43.1 Å². The van der Waals surface area contributed by atoms with Crippen LogP contribution in [0.2, 0.25) is 0 Å². The molecule has 1 heterocycles. The number of benzene rings is 2. The molecular weight excluding hydrogens is 511 g/mol. The Bertz CT molecular complexity index is 1050. The Balaban J connectivity index is 1.78. The van der Waals surface area contributed by atoms with Gasteiger partial charge in [0.05, 0.1) is 25.6 Å². The van der Waals surface area contributed by atoms with E-state index in [4.69, 9.17) is 9.47 Å². The molecule has 2 aromatic carbocycles. The number of hydrogen-bond donors (Lipinski definition) is 0. The van der Waals surface area contributed by atoms with Crippen molar-refractivity contribution in [3.8, 4) is 11.5 Å². The zero-order valence-electron chi connectivity index (χ0n) is 18.5. The lowest BCUT2D eigenvalue weighted by atomic mass is 10.0. The van der Waals surface area contributed by atoms with Gasteiger partial charge in [0.25, 0.3) is 0 Å². The number of allylic oxidation sites excluding steroid dienone is 1. The minimum Gasteiger partial charge on any atom is -0.459 e.